The van der Waals surface area contributed by atoms with Crippen molar-refractivity contribution < 1.29 is 29.0 Å². The van der Waals surface area contributed by atoms with Gasteiger partial charge in [0.05, 0.1) is 0 Å². The van der Waals surface area contributed by atoms with Crippen LogP contribution in [0.25, 0.3) is 11.1 Å². The molecule has 0 fully saturated rings. The highest BCUT2D eigenvalue weighted by molar-refractivity contribution is 5.85. The molecule has 8 nitrogen and oxygen atoms in total. The van der Waals surface area contributed by atoms with Gasteiger partial charge in [0.1, 0.15) is 18.2 Å². The first-order valence-electron chi connectivity index (χ1n) is 12.4. The van der Waals surface area contributed by atoms with Crippen LogP contribution >= 0.6 is 0 Å². The molecule has 0 saturated heterocycles. The lowest BCUT2D eigenvalue weighted by Crippen LogP contribution is -2.44. The van der Waals surface area contributed by atoms with Crippen LogP contribution in [0.3, 0.4) is 0 Å². The fraction of sp³-hybridized carbons (Fsp3) is 0.300. The number of amides is 2. The van der Waals surface area contributed by atoms with Crippen LogP contribution in [0.1, 0.15) is 43.4 Å². The minimum atomic E-state index is -1.14. The molecule has 4 rings (SSSR count). The zero-order valence-corrected chi connectivity index (χ0v) is 21.9. The smallest absolute Gasteiger partial charge is 0.412 e. The Balaban J connectivity index is 1.39. The van der Waals surface area contributed by atoms with Crippen LogP contribution in [-0.4, -0.2) is 53.5 Å². The number of hydrogen-bond acceptors (Lipinski definition) is 5. The van der Waals surface area contributed by atoms with E-state index in [0.717, 1.165) is 27.2 Å². The first kappa shape index (κ1) is 26.7. The number of hydrogen-bond donors (Lipinski definition) is 2. The van der Waals surface area contributed by atoms with Crippen LogP contribution < -0.4 is 5.32 Å². The molecule has 2 N–H and O–H groups in total. The molecule has 0 radical (unpaired) electrons. The molecule has 0 aliphatic heterocycles. The van der Waals surface area contributed by atoms with Crippen molar-refractivity contribution in [2.45, 2.75) is 44.8 Å². The number of carboxylic acid groups (broad SMARTS) is 1. The quantitative estimate of drug-likeness (QED) is 0.404. The molecule has 0 saturated carbocycles. The SMILES string of the molecule is CN(C(=O)OCC1c2ccccc2-c2ccccc21)C(Cc1ccc(NC(=O)OC(C)(C)C)cc1)C(=O)O. The van der Waals surface area contributed by atoms with E-state index in [4.69, 9.17) is 9.47 Å². The number of likely N-dealkylation sites (N-methyl/N-ethyl adjacent to an activating group) is 1. The summed E-state index contributed by atoms with van der Waals surface area (Å²) in [7, 11) is 1.43. The summed E-state index contributed by atoms with van der Waals surface area (Å²) >= 11 is 0. The normalized spacial score (nSPS) is 13.2. The van der Waals surface area contributed by atoms with Gasteiger partial charge in [-0.15, -0.1) is 0 Å². The summed E-state index contributed by atoms with van der Waals surface area (Å²) in [6.07, 6.45) is -1.21. The van der Waals surface area contributed by atoms with Gasteiger partial charge in [0.15, 0.2) is 0 Å². The van der Waals surface area contributed by atoms with Gasteiger partial charge in [-0.2, -0.15) is 0 Å². The Kier molecular flexibility index (Phi) is 7.71. The fourth-order valence-electron chi connectivity index (χ4n) is 4.58. The van der Waals surface area contributed by atoms with Crippen molar-refractivity contribution >= 4 is 23.8 Å². The van der Waals surface area contributed by atoms with Crippen LogP contribution in [0.4, 0.5) is 15.3 Å². The second kappa shape index (κ2) is 11.0. The van der Waals surface area contributed by atoms with Gasteiger partial charge in [-0.1, -0.05) is 60.7 Å². The highest BCUT2D eigenvalue weighted by Crippen LogP contribution is 2.44. The third-order valence-corrected chi connectivity index (χ3v) is 6.40. The number of aliphatic carboxylic acids is 1. The molecule has 3 aromatic carbocycles. The molecule has 0 aromatic heterocycles. The first-order chi connectivity index (χ1) is 18.0. The summed E-state index contributed by atoms with van der Waals surface area (Å²) in [5, 5.41) is 12.5. The van der Waals surface area contributed by atoms with Crippen molar-refractivity contribution in [3.05, 3.63) is 89.5 Å². The lowest BCUT2D eigenvalue weighted by atomic mass is 9.98. The van der Waals surface area contributed by atoms with Crippen molar-refractivity contribution in [2.24, 2.45) is 0 Å². The average Bonchev–Trinajstić information content (AvgIpc) is 3.18. The van der Waals surface area contributed by atoms with E-state index in [1.54, 1.807) is 45.0 Å². The van der Waals surface area contributed by atoms with E-state index in [1.165, 1.54) is 7.05 Å². The fourth-order valence-corrected chi connectivity index (χ4v) is 4.58. The van der Waals surface area contributed by atoms with Gasteiger partial charge in [0, 0.05) is 25.1 Å². The molecule has 1 aliphatic carbocycles. The number of carbonyl (C=O) groups is 3. The summed E-state index contributed by atoms with van der Waals surface area (Å²) in [6, 6.07) is 21.6. The molecule has 0 bridgehead atoms. The maximum absolute atomic E-state index is 12.9. The number of nitrogens with one attached hydrogen (secondary N) is 1. The van der Waals surface area contributed by atoms with Crippen LogP contribution in [0.5, 0.6) is 0 Å². The second-order valence-electron chi connectivity index (χ2n) is 10.3. The number of carbonyl (C=O) groups excluding carboxylic acids is 2. The minimum Gasteiger partial charge on any atom is -0.480 e. The van der Waals surface area contributed by atoms with E-state index in [-0.39, 0.29) is 18.9 Å². The Morgan fingerprint density at radius 1 is 0.921 bits per heavy atom. The van der Waals surface area contributed by atoms with E-state index >= 15 is 0 Å². The van der Waals surface area contributed by atoms with Crippen molar-refractivity contribution in [2.75, 3.05) is 19.0 Å². The third kappa shape index (κ3) is 6.14. The van der Waals surface area contributed by atoms with Crippen LogP contribution in [-0.2, 0) is 20.7 Å². The van der Waals surface area contributed by atoms with Gasteiger partial charge >= 0.3 is 18.2 Å². The highest BCUT2D eigenvalue weighted by atomic mass is 16.6. The third-order valence-electron chi connectivity index (χ3n) is 6.40. The minimum absolute atomic E-state index is 0.0722. The molecule has 198 valence electrons. The number of carboxylic acids is 1. The van der Waals surface area contributed by atoms with Crippen LogP contribution in [0.2, 0.25) is 0 Å². The number of fused-ring (bicyclic) bond motifs is 3. The molecule has 8 heteroatoms. The summed E-state index contributed by atoms with van der Waals surface area (Å²) < 4.78 is 10.9. The van der Waals surface area contributed by atoms with E-state index < -0.39 is 29.8 Å². The number of rotatable bonds is 7. The van der Waals surface area contributed by atoms with E-state index in [1.807, 2.05) is 36.4 Å². The monoisotopic (exact) mass is 516 g/mol. The largest absolute Gasteiger partial charge is 0.480 e. The van der Waals surface area contributed by atoms with Crippen LogP contribution in [0.15, 0.2) is 72.8 Å². The van der Waals surface area contributed by atoms with Gasteiger partial charge in [0.25, 0.3) is 0 Å². The Morgan fingerprint density at radius 2 is 1.47 bits per heavy atom. The van der Waals surface area contributed by atoms with Gasteiger partial charge < -0.3 is 14.6 Å². The molecule has 1 unspecified atom stereocenters. The lowest BCUT2D eigenvalue weighted by Gasteiger charge is -2.25. The molecular formula is C30H32N2O6. The predicted molar refractivity (Wildman–Crippen MR) is 144 cm³/mol. The summed E-state index contributed by atoms with van der Waals surface area (Å²) in [5.74, 6) is -1.26. The van der Waals surface area contributed by atoms with Crippen LogP contribution in [0, 0.1) is 0 Å². The zero-order valence-electron chi connectivity index (χ0n) is 21.9. The van der Waals surface area contributed by atoms with Gasteiger partial charge in [-0.3, -0.25) is 10.2 Å². The molecule has 0 spiro atoms. The molecule has 0 heterocycles. The highest BCUT2D eigenvalue weighted by Gasteiger charge is 2.32. The summed E-state index contributed by atoms with van der Waals surface area (Å²) in [5.41, 5.74) is 4.97. The predicted octanol–water partition coefficient (Wildman–Crippen LogP) is 5.91. The Morgan fingerprint density at radius 3 is 2.00 bits per heavy atom. The topological polar surface area (TPSA) is 105 Å². The van der Waals surface area contributed by atoms with E-state index in [0.29, 0.717) is 11.3 Å². The van der Waals surface area contributed by atoms with Gasteiger partial charge in [-0.05, 0) is 60.7 Å². The first-order valence-corrected chi connectivity index (χ1v) is 12.4. The van der Waals surface area contributed by atoms with Crippen molar-refractivity contribution in [1.82, 2.24) is 4.90 Å². The van der Waals surface area contributed by atoms with Crippen molar-refractivity contribution in [3.63, 3.8) is 0 Å². The molecule has 1 aliphatic rings. The van der Waals surface area contributed by atoms with E-state index in [2.05, 4.69) is 17.4 Å². The Labute approximate surface area is 222 Å². The average molecular weight is 517 g/mol. The number of ether oxygens (including phenoxy) is 2. The Hall–Kier alpha value is -4.33. The van der Waals surface area contributed by atoms with Gasteiger partial charge in [-0.25, -0.2) is 14.4 Å². The van der Waals surface area contributed by atoms with E-state index in [9.17, 15) is 19.5 Å². The molecule has 38 heavy (non-hydrogen) atoms. The number of nitrogens with zero attached hydrogens (tertiary/aromatic N) is 1. The molecule has 1 atom stereocenters. The summed E-state index contributed by atoms with van der Waals surface area (Å²) in [4.78, 5) is 38.1. The maximum Gasteiger partial charge on any atom is 0.412 e. The molecule has 2 amide bonds. The molecular weight excluding hydrogens is 484 g/mol. The Bertz CT molecular complexity index is 1280. The zero-order chi connectivity index (χ0) is 27.4. The lowest BCUT2D eigenvalue weighted by molar-refractivity contribution is -0.142. The maximum atomic E-state index is 12.9. The number of benzene rings is 3. The number of anilines is 1. The molecule has 3 aromatic rings. The summed E-state index contributed by atoms with van der Waals surface area (Å²) in [6.45, 7) is 5.42. The second-order valence-corrected chi connectivity index (χ2v) is 10.3. The van der Waals surface area contributed by atoms with Gasteiger partial charge in [0.2, 0.25) is 0 Å². The van der Waals surface area contributed by atoms with Crippen molar-refractivity contribution in [1.29, 1.82) is 0 Å². The standard InChI is InChI=1S/C30H32N2O6/c1-30(2,3)38-28(35)31-20-15-13-19(14-16-20)17-26(27(33)34)32(4)29(36)37-18-25-23-11-7-5-9-21(23)22-10-6-8-12-24(22)25/h5-16,25-26H,17-18H2,1-4H3,(H,31,35)(H,33,34). The van der Waals surface area contributed by atoms with Crippen molar-refractivity contribution in [3.8, 4) is 11.1 Å².